The monoisotopic (exact) mass is 309 g/mol. The Bertz CT molecular complexity index is 611. The molecule has 2 N–H and O–H groups in total. The van der Waals surface area contributed by atoms with Gasteiger partial charge in [0.2, 0.25) is 10.0 Å². The zero-order valence-electron chi connectivity index (χ0n) is 12.4. The molecule has 0 unspecified atom stereocenters. The summed E-state index contributed by atoms with van der Waals surface area (Å²) in [7, 11) is -3.40. The summed E-state index contributed by atoms with van der Waals surface area (Å²) in [5, 5.41) is 3.23. The highest BCUT2D eigenvalue weighted by molar-refractivity contribution is 7.89. The zero-order chi connectivity index (χ0) is 14.9. The van der Waals surface area contributed by atoms with Gasteiger partial charge in [0.1, 0.15) is 0 Å². The maximum atomic E-state index is 12.3. The van der Waals surface area contributed by atoms with Gasteiger partial charge in [-0.1, -0.05) is 13.0 Å². The van der Waals surface area contributed by atoms with E-state index in [1.807, 2.05) is 6.07 Å². The highest BCUT2D eigenvalue weighted by Crippen LogP contribution is 2.26. The summed E-state index contributed by atoms with van der Waals surface area (Å²) in [6, 6.07) is 6.07. The van der Waals surface area contributed by atoms with E-state index in [2.05, 4.69) is 21.9 Å². The van der Waals surface area contributed by atoms with Gasteiger partial charge < -0.3 is 5.32 Å². The smallest absolute Gasteiger partial charge is 0.240 e. The van der Waals surface area contributed by atoms with Crippen LogP contribution in [-0.4, -0.2) is 39.0 Å². The van der Waals surface area contributed by atoms with E-state index in [4.69, 9.17) is 0 Å². The van der Waals surface area contributed by atoms with Gasteiger partial charge in [-0.05, 0) is 42.6 Å². The largest absolute Gasteiger partial charge is 0.309 e. The number of rotatable bonds is 7. The number of fused-ring (bicyclic) bond motifs is 1. The van der Waals surface area contributed by atoms with Crippen LogP contribution >= 0.6 is 0 Å². The topological polar surface area (TPSA) is 61.4 Å². The molecule has 0 radical (unpaired) electrons. The van der Waals surface area contributed by atoms with Gasteiger partial charge in [0.25, 0.3) is 0 Å². The fourth-order valence-electron chi connectivity index (χ4n) is 2.88. The lowest BCUT2D eigenvalue weighted by Gasteiger charge is -2.19. The third kappa shape index (κ3) is 3.45. The molecular weight excluding hydrogens is 286 g/mol. The van der Waals surface area contributed by atoms with E-state index in [1.54, 1.807) is 12.1 Å². The second kappa shape index (κ2) is 6.04. The first-order valence-corrected chi connectivity index (χ1v) is 9.14. The molecule has 6 heteroatoms. The van der Waals surface area contributed by atoms with Gasteiger partial charge in [-0.2, -0.15) is 0 Å². The van der Waals surface area contributed by atoms with Gasteiger partial charge in [0.15, 0.2) is 0 Å². The van der Waals surface area contributed by atoms with E-state index >= 15 is 0 Å². The van der Waals surface area contributed by atoms with Crippen molar-refractivity contribution < 1.29 is 8.42 Å². The molecular formula is C15H23N3O2S. The summed E-state index contributed by atoms with van der Waals surface area (Å²) < 4.78 is 27.4. The molecule has 21 heavy (non-hydrogen) atoms. The minimum Gasteiger partial charge on any atom is -0.309 e. The fourth-order valence-corrected chi connectivity index (χ4v) is 3.96. The third-order valence-corrected chi connectivity index (χ3v) is 5.74. The highest BCUT2D eigenvalue weighted by Gasteiger charge is 2.27. The van der Waals surface area contributed by atoms with Crippen molar-refractivity contribution in [3.8, 4) is 0 Å². The molecule has 1 fully saturated rings. The predicted molar refractivity (Wildman–Crippen MR) is 82.4 cm³/mol. The lowest BCUT2D eigenvalue weighted by molar-refractivity contribution is 0.282. The molecule has 0 atom stereocenters. The van der Waals surface area contributed by atoms with Gasteiger partial charge in [0, 0.05) is 32.2 Å². The second-order valence-corrected chi connectivity index (χ2v) is 7.56. The van der Waals surface area contributed by atoms with E-state index in [9.17, 15) is 8.42 Å². The molecule has 1 aliphatic heterocycles. The number of hydrogen-bond acceptors (Lipinski definition) is 4. The first-order chi connectivity index (χ1) is 10.1. The Kier molecular flexibility index (Phi) is 4.31. The van der Waals surface area contributed by atoms with Crippen molar-refractivity contribution in [3.63, 3.8) is 0 Å². The van der Waals surface area contributed by atoms with E-state index < -0.39 is 10.0 Å². The SMILES string of the molecule is CCN(CCNS(=O)(=O)c1ccc2c(c1)CNC2)C1CC1. The Hall–Kier alpha value is -0.950. The second-order valence-electron chi connectivity index (χ2n) is 5.79. The standard InChI is InChI=1S/C15H23N3O2S/c1-2-18(14-4-5-14)8-7-17-21(19,20)15-6-3-12-10-16-11-13(12)9-15/h3,6,9,14,16-17H,2,4-5,7-8,10-11H2,1H3. The molecule has 0 spiro atoms. The molecule has 1 aliphatic carbocycles. The molecule has 0 saturated heterocycles. The molecule has 1 aromatic rings. The average Bonchev–Trinajstić information content (AvgIpc) is 3.20. The normalized spacial score (nSPS) is 18.2. The van der Waals surface area contributed by atoms with Crippen LogP contribution in [0.2, 0.25) is 0 Å². The minimum absolute atomic E-state index is 0.374. The van der Waals surface area contributed by atoms with Crippen LogP contribution in [0.5, 0.6) is 0 Å². The van der Waals surface area contributed by atoms with Crippen LogP contribution in [0.4, 0.5) is 0 Å². The van der Waals surface area contributed by atoms with Gasteiger partial charge in [0.05, 0.1) is 4.90 Å². The van der Waals surface area contributed by atoms with E-state index in [-0.39, 0.29) is 0 Å². The maximum absolute atomic E-state index is 12.3. The van der Waals surface area contributed by atoms with E-state index in [0.29, 0.717) is 17.5 Å². The van der Waals surface area contributed by atoms with Crippen molar-refractivity contribution >= 4 is 10.0 Å². The van der Waals surface area contributed by atoms with Crippen LogP contribution in [0, 0.1) is 0 Å². The Morgan fingerprint density at radius 3 is 2.76 bits per heavy atom. The average molecular weight is 309 g/mol. The molecule has 1 heterocycles. The van der Waals surface area contributed by atoms with E-state index in [0.717, 1.165) is 31.7 Å². The Balaban J connectivity index is 1.61. The lowest BCUT2D eigenvalue weighted by Crippen LogP contribution is -2.36. The van der Waals surface area contributed by atoms with Crippen LogP contribution in [-0.2, 0) is 23.1 Å². The molecule has 2 aliphatic rings. The van der Waals surface area contributed by atoms with Crippen LogP contribution in [0.15, 0.2) is 23.1 Å². The van der Waals surface area contributed by atoms with Crippen molar-refractivity contribution in [1.82, 2.24) is 14.9 Å². The summed E-state index contributed by atoms with van der Waals surface area (Å²) in [4.78, 5) is 2.72. The lowest BCUT2D eigenvalue weighted by atomic mass is 10.1. The molecule has 0 aromatic heterocycles. The highest BCUT2D eigenvalue weighted by atomic mass is 32.2. The summed E-state index contributed by atoms with van der Waals surface area (Å²) in [5.41, 5.74) is 2.28. The maximum Gasteiger partial charge on any atom is 0.240 e. The number of benzene rings is 1. The first-order valence-electron chi connectivity index (χ1n) is 7.66. The number of nitrogens with zero attached hydrogens (tertiary/aromatic N) is 1. The number of hydrogen-bond donors (Lipinski definition) is 2. The molecule has 1 aromatic carbocycles. The molecule has 1 saturated carbocycles. The van der Waals surface area contributed by atoms with Crippen molar-refractivity contribution in [1.29, 1.82) is 0 Å². The molecule has 0 amide bonds. The molecule has 116 valence electrons. The third-order valence-electron chi connectivity index (χ3n) is 4.28. The molecule has 3 rings (SSSR count). The molecule has 5 nitrogen and oxygen atoms in total. The summed E-state index contributed by atoms with van der Waals surface area (Å²) in [6.45, 7) is 5.95. The predicted octanol–water partition coefficient (Wildman–Crippen LogP) is 1.05. The van der Waals surface area contributed by atoms with Crippen LogP contribution in [0.3, 0.4) is 0 Å². The first kappa shape index (κ1) is 15.0. The van der Waals surface area contributed by atoms with Crippen LogP contribution < -0.4 is 10.0 Å². The van der Waals surface area contributed by atoms with Crippen molar-refractivity contribution in [2.45, 2.75) is 43.8 Å². The Labute approximate surface area is 126 Å². The van der Waals surface area contributed by atoms with E-state index in [1.165, 1.54) is 18.4 Å². The number of likely N-dealkylation sites (N-methyl/N-ethyl adjacent to an activating group) is 1. The van der Waals surface area contributed by atoms with Crippen molar-refractivity contribution in [2.75, 3.05) is 19.6 Å². The summed E-state index contributed by atoms with van der Waals surface area (Å²) >= 11 is 0. The summed E-state index contributed by atoms with van der Waals surface area (Å²) in [5.74, 6) is 0. The van der Waals surface area contributed by atoms with Crippen molar-refractivity contribution in [3.05, 3.63) is 29.3 Å². The minimum atomic E-state index is -3.40. The van der Waals surface area contributed by atoms with Gasteiger partial charge >= 0.3 is 0 Å². The zero-order valence-corrected chi connectivity index (χ0v) is 13.2. The Morgan fingerprint density at radius 1 is 1.29 bits per heavy atom. The van der Waals surface area contributed by atoms with Gasteiger partial charge in [-0.25, -0.2) is 13.1 Å². The fraction of sp³-hybridized carbons (Fsp3) is 0.600. The van der Waals surface area contributed by atoms with Crippen molar-refractivity contribution in [2.24, 2.45) is 0 Å². The van der Waals surface area contributed by atoms with Crippen LogP contribution in [0.25, 0.3) is 0 Å². The Morgan fingerprint density at radius 2 is 2.05 bits per heavy atom. The van der Waals surface area contributed by atoms with Gasteiger partial charge in [-0.3, -0.25) is 4.90 Å². The molecule has 0 bridgehead atoms. The van der Waals surface area contributed by atoms with Crippen LogP contribution in [0.1, 0.15) is 30.9 Å². The van der Waals surface area contributed by atoms with Gasteiger partial charge in [-0.15, -0.1) is 0 Å². The summed E-state index contributed by atoms with van der Waals surface area (Å²) in [6.07, 6.45) is 2.50. The quantitative estimate of drug-likeness (QED) is 0.790. The number of sulfonamides is 1. The number of nitrogens with one attached hydrogen (secondary N) is 2.